The Bertz CT molecular complexity index is 1000. The number of carbonyl (C=O) groups excluding carboxylic acids is 1. The molecule has 0 heterocycles. The quantitative estimate of drug-likeness (QED) is 0.653. The highest BCUT2D eigenvalue weighted by Crippen LogP contribution is 2.46. The number of carbonyl (C=O) groups is 1. The van der Waals surface area contributed by atoms with E-state index < -0.39 is 15.6 Å². The summed E-state index contributed by atoms with van der Waals surface area (Å²) in [4.78, 5) is 13.0. The molecule has 5 nitrogen and oxygen atoms in total. The molecule has 2 aromatic rings. The zero-order chi connectivity index (χ0) is 20.7. The first-order chi connectivity index (χ1) is 13.1. The molecule has 1 fully saturated rings. The second-order valence-corrected chi connectivity index (χ2v) is 10.6. The molecule has 0 unspecified atom stereocenters. The first-order valence-electron chi connectivity index (χ1n) is 8.93. The molecule has 1 N–H and O–H groups in total. The Labute approximate surface area is 179 Å². The zero-order valence-electron chi connectivity index (χ0n) is 15.9. The fourth-order valence-electron chi connectivity index (χ4n) is 2.95. The molecular weight excluding hydrogens is 464 g/mol. The van der Waals surface area contributed by atoms with Crippen molar-refractivity contribution in [3.05, 3.63) is 63.1 Å². The minimum Gasteiger partial charge on any atom is -0.342 e. The molecule has 2 aromatic carbocycles. The summed E-state index contributed by atoms with van der Waals surface area (Å²) in [6.45, 7) is 3.58. The molecule has 0 atom stereocenters. The van der Waals surface area contributed by atoms with Gasteiger partial charge < -0.3 is 5.32 Å². The molecule has 1 saturated carbocycles. The van der Waals surface area contributed by atoms with Crippen LogP contribution in [0, 0.1) is 0 Å². The van der Waals surface area contributed by atoms with E-state index in [0.717, 1.165) is 22.9 Å². The van der Waals surface area contributed by atoms with Gasteiger partial charge in [-0.1, -0.05) is 39.7 Å². The summed E-state index contributed by atoms with van der Waals surface area (Å²) in [5.41, 5.74) is 0.747. The van der Waals surface area contributed by atoms with Crippen molar-refractivity contribution in [1.29, 1.82) is 0 Å². The normalized spacial score (nSPS) is 15.7. The molecule has 8 heteroatoms. The number of hydrogen-bond acceptors (Lipinski definition) is 3. The van der Waals surface area contributed by atoms with Gasteiger partial charge in [-0.25, -0.2) is 8.42 Å². The van der Waals surface area contributed by atoms with Crippen LogP contribution in [0.15, 0.2) is 51.8 Å². The minimum absolute atomic E-state index is 0.0479. The summed E-state index contributed by atoms with van der Waals surface area (Å²) < 4.78 is 27.7. The number of sulfonamides is 1. The number of nitrogens with one attached hydrogen (secondary N) is 1. The van der Waals surface area contributed by atoms with Crippen molar-refractivity contribution in [3.8, 4) is 0 Å². The van der Waals surface area contributed by atoms with Crippen molar-refractivity contribution in [3.63, 3.8) is 0 Å². The summed E-state index contributed by atoms with van der Waals surface area (Å²) in [6.07, 6.45) is 1.65. The van der Waals surface area contributed by atoms with Gasteiger partial charge in [-0.05, 0) is 62.6 Å². The van der Waals surface area contributed by atoms with Crippen molar-refractivity contribution in [2.45, 2.75) is 43.2 Å². The molecule has 0 aliphatic heterocycles. The van der Waals surface area contributed by atoms with Crippen LogP contribution in [0.1, 0.15) is 42.6 Å². The summed E-state index contributed by atoms with van der Waals surface area (Å²) in [5, 5.41) is 3.26. The number of amides is 1. The number of hydrogen-bond donors (Lipinski definition) is 1. The fraction of sp³-hybridized carbons (Fsp3) is 0.350. The second-order valence-electron chi connectivity index (χ2n) is 7.30. The summed E-state index contributed by atoms with van der Waals surface area (Å²) in [5.74, 6) is -0.380. The molecule has 1 amide bonds. The predicted molar refractivity (Wildman–Crippen MR) is 114 cm³/mol. The van der Waals surface area contributed by atoms with E-state index in [0.29, 0.717) is 0 Å². The molecule has 3 rings (SSSR count). The van der Waals surface area contributed by atoms with Crippen LogP contribution in [-0.2, 0) is 15.6 Å². The maximum Gasteiger partial charge on any atom is 0.253 e. The van der Waals surface area contributed by atoms with Gasteiger partial charge in [0.15, 0.2) is 0 Å². The molecule has 0 radical (unpaired) electrons. The van der Waals surface area contributed by atoms with E-state index >= 15 is 0 Å². The molecule has 1 aliphatic carbocycles. The Morgan fingerprint density at radius 1 is 1.18 bits per heavy atom. The number of halogens is 2. The molecule has 0 saturated heterocycles. The minimum atomic E-state index is -3.71. The first kappa shape index (κ1) is 21.3. The molecule has 150 valence electrons. The third kappa shape index (κ3) is 4.13. The summed E-state index contributed by atoms with van der Waals surface area (Å²) in [7, 11) is -2.19. The molecule has 1 aliphatic rings. The second kappa shape index (κ2) is 7.78. The number of nitrogens with zero attached hydrogens (tertiary/aromatic N) is 1. The van der Waals surface area contributed by atoms with Crippen LogP contribution in [0.2, 0.25) is 5.02 Å². The SMILES string of the molecule is CC(C)N(C)S(=O)(=O)c1ccc(Cl)c(C(=O)NC2(c3ccc(Br)cc3)CC2)c1. The van der Waals surface area contributed by atoms with E-state index in [2.05, 4.69) is 21.2 Å². The van der Waals surface area contributed by atoms with Gasteiger partial charge in [0.05, 0.1) is 21.0 Å². The van der Waals surface area contributed by atoms with Gasteiger partial charge >= 0.3 is 0 Å². The van der Waals surface area contributed by atoms with E-state index in [-0.39, 0.29) is 27.4 Å². The third-order valence-corrected chi connectivity index (χ3v) is 7.97. The van der Waals surface area contributed by atoms with Gasteiger partial charge in [0.1, 0.15) is 0 Å². The van der Waals surface area contributed by atoms with Crippen molar-refractivity contribution in [2.24, 2.45) is 0 Å². The Morgan fingerprint density at radius 2 is 1.79 bits per heavy atom. The third-order valence-electron chi connectivity index (χ3n) is 5.09. The van der Waals surface area contributed by atoms with Gasteiger partial charge in [0.25, 0.3) is 5.91 Å². The lowest BCUT2D eigenvalue weighted by Crippen LogP contribution is -2.35. The molecule has 28 heavy (non-hydrogen) atoms. The van der Waals surface area contributed by atoms with E-state index in [1.54, 1.807) is 13.8 Å². The average Bonchev–Trinajstić information content (AvgIpc) is 3.42. The van der Waals surface area contributed by atoms with Crippen LogP contribution in [0.5, 0.6) is 0 Å². The van der Waals surface area contributed by atoms with Gasteiger partial charge in [-0.3, -0.25) is 4.79 Å². The Balaban J connectivity index is 1.89. The average molecular weight is 486 g/mol. The van der Waals surface area contributed by atoms with E-state index in [4.69, 9.17) is 11.6 Å². The van der Waals surface area contributed by atoms with Crippen LogP contribution in [-0.4, -0.2) is 31.7 Å². The van der Waals surface area contributed by atoms with Crippen LogP contribution in [0.25, 0.3) is 0 Å². The Hall–Kier alpha value is -1.41. The highest BCUT2D eigenvalue weighted by atomic mass is 79.9. The highest BCUT2D eigenvalue weighted by molar-refractivity contribution is 9.10. The zero-order valence-corrected chi connectivity index (χ0v) is 19.0. The standard InChI is InChI=1S/C20H22BrClN2O3S/c1-13(2)24(3)28(26,27)16-8-9-18(22)17(12-16)19(25)23-20(10-11-20)14-4-6-15(21)7-5-14/h4-9,12-13H,10-11H2,1-3H3,(H,23,25). The van der Waals surface area contributed by atoms with Crippen molar-refractivity contribution in [1.82, 2.24) is 9.62 Å². The summed E-state index contributed by atoms with van der Waals surface area (Å²) in [6, 6.07) is 11.8. The highest BCUT2D eigenvalue weighted by Gasteiger charge is 2.46. The lowest BCUT2D eigenvalue weighted by molar-refractivity contribution is 0.0930. The van der Waals surface area contributed by atoms with E-state index in [9.17, 15) is 13.2 Å². The number of rotatable bonds is 6. The van der Waals surface area contributed by atoms with Gasteiger partial charge in [-0.15, -0.1) is 0 Å². The van der Waals surface area contributed by atoms with Crippen LogP contribution >= 0.6 is 27.5 Å². The monoisotopic (exact) mass is 484 g/mol. The maximum atomic E-state index is 12.9. The molecule has 0 aromatic heterocycles. The lowest BCUT2D eigenvalue weighted by atomic mass is 10.0. The number of benzene rings is 2. The molecule has 0 bridgehead atoms. The largest absolute Gasteiger partial charge is 0.342 e. The van der Waals surface area contributed by atoms with E-state index in [1.807, 2.05) is 24.3 Å². The Morgan fingerprint density at radius 3 is 2.32 bits per heavy atom. The van der Waals surface area contributed by atoms with Crippen molar-refractivity contribution >= 4 is 43.5 Å². The summed E-state index contributed by atoms with van der Waals surface area (Å²) >= 11 is 9.64. The topological polar surface area (TPSA) is 66.5 Å². The molecular formula is C20H22BrClN2O3S. The van der Waals surface area contributed by atoms with Crippen LogP contribution < -0.4 is 5.32 Å². The first-order valence-corrected chi connectivity index (χ1v) is 11.5. The molecule has 0 spiro atoms. The van der Waals surface area contributed by atoms with Crippen LogP contribution in [0.4, 0.5) is 0 Å². The smallest absolute Gasteiger partial charge is 0.253 e. The van der Waals surface area contributed by atoms with E-state index in [1.165, 1.54) is 29.6 Å². The Kier molecular flexibility index (Phi) is 5.92. The predicted octanol–water partition coefficient (Wildman–Crippen LogP) is 4.55. The van der Waals surface area contributed by atoms with Crippen molar-refractivity contribution < 1.29 is 13.2 Å². The fourth-order valence-corrected chi connectivity index (χ4v) is 4.81. The van der Waals surface area contributed by atoms with Gasteiger partial charge in [0, 0.05) is 17.6 Å². The van der Waals surface area contributed by atoms with Gasteiger partial charge in [-0.2, -0.15) is 4.31 Å². The van der Waals surface area contributed by atoms with Gasteiger partial charge in [0.2, 0.25) is 10.0 Å². The maximum absolute atomic E-state index is 12.9. The van der Waals surface area contributed by atoms with Crippen LogP contribution in [0.3, 0.4) is 0 Å². The van der Waals surface area contributed by atoms with Crippen molar-refractivity contribution in [2.75, 3.05) is 7.05 Å². The lowest BCUT2D eigenvalue weighted by Gasteiger charge is -2.22.